The molecule has 0 bridgehead atoms. The Bertz CT molecular complexity index is 1790. The van der Waals surface area contributed by atoms with Gasteiger partial charge in [-0.15, -0.1) is 0 Å². The van der Waals surface area contributed by atoms with Crippen molar-refractivity contribution in [2.75, 3.05) is 20.3 Å². The molecule has 14 heteroatoms. The quantitative estimate of drug-likeness (QED) is 0.221. The fraction of sp³-hybridized carbons (Fsp3) is 0.259. The highest BCUT2D eigenvalue weighted by Crippen LogP contribution is 2.37. The lowest BCUT2D eigenvalue weighted by molar-refractivity contribution is -0.385. The van der Waals surface area contributed by atoms with Gasteiger partial charge in [0.2, 0.25) is 0 Å². The molecule has 0 spiro atoms. The smallest absolute Gasteiger partial charge is 0.341 e. The highest BCUT2D eigenvalue weighted by molar-refractivity contribution is 7.07. The van der Waals surface area contributed by atoms with Crippen LogP contribution in [0, 0.1) is 17.0 Å². The van der Waals surface area contributed by atoms with Gasteiger partial charge in [-0.1, -0.05) is 35.1 Å². The Balaban J connectivity index is 1.92. The average molecular weight is 602 g/mol. The van der Waals surface area contributed by atoms with Crippen molar-refractivity contribution in [3.63, 3.8) is 0 Å². The number of thiazole rings is 1. The third kappa shape index (κ3) is 5.86. The molecular weight excluding hydrogens is 578 g/mol. The minimum Gasteiger partial charge on any atom is -0.493 e. The lowest BCUT2D eigenvalue weighted by Gasteiger charge is -2.24. The molecule has 2 aromatic carbocycles. The third-order valence-corrected chi connectivity index (χ3v) is 7.42. The molecule has 0 saturated heterocycles. The summed E-state index contributed by atoms with van der Waals surface area (Å²) >= 11 is 7.39. The van der Waals surface area contributed by atoms with Gasteiger partial charge in [0, 0.05) is 11.6 Å². The van der Waals surface area contributed by atoms with Crippen LogP contribution in [-0.2, 0) is 14.3 Å². The van der Waals surface area contributed by atoms with E-state index in [1.54, 1.807) is 32.9 Å². The first-order valence-corrected chi connectivity index (χ1v) is 13.3. The second-order valence-corrected chi connectivity index (χ2v) is 10.2. The second-order valence-electron chi connectivity index (χ2n) is 8.82. The predicted octanol–water partition coefficient (Wildman–Crippen LogP) is 3.14. The first-order valence-electron chi connectivity index (χ1n) is 12.1. The van der Waals surface area contributed by atoms with Gasteiger partial charge in [-0.3, -0.25) is 19.5 Å². The topological polar surface area (TPSA) is 160 Å². The molecule has 0 amide bonds. The van der Waals surface area contributed by atoms with E-state index >= 15 is 0 Å². The maximum Gasteiger partial charge on any atom is 0.341 e. The largest absolute Gasteiger partial charge is 0.493 e. The fourth-order valence-corrected chi connectivity index (χ4v) is 5.67. The van der Waals surface area contributed by atoms with E-state index in [1.807, 2.05) is 0 Å². The zero-order valence-electron chi connectivity index (χ0n) is 22.3. The predicted molar refractivity (Wildman–Crippen MR) is 149 cm³/mol. The molecule has 0 radical (unpaired) electrons. The van der Waals surface area contributed by atoms with Crippen molar-refractivity contribution in [2.45, 2.75) is 26.8 Å². The number of allylic oxidation sites excluding steroid dienone is 1. The number of rotatable bonds is 9. The summed E-state index contributed by atoms with van der Waals surface area (Å²) < 4.78 is 17.3. The third-order valence-electron chi connectivity index (χ3n) is 6.15. The Kier molecular flexibility index (Phi) is 8.59. The number of esters is 1. The van der Waals surface area contributed by atoms with Crippen molar-refractivity contribution in [2.24, 2.45) is 4.99 Å². The number of hydrogen-bond acceptors (Lipinski definition) is 10. The van der Waals surface area contributed by atoms with Gasteiger partial charge in [0.25, 0.3) is 11.2 Å². The van der Waals surface area contributed by atoms with Crippen molar-refractivity contribution in [1.29, 1.82) is 0 Å². The van der Waals surface area contributed by atoms with Crippen molar-refractivity contribution in [3.05, 3.63) is 93.1 Å². The lowest BCUT2D eigenvalue weighted by Crippen LogP contribution is -2.40. The summed E-state index contributed by atoms with van der Waals surface area (Å²) in [6, 6.07) is 6.51. The van der Waals surface area contributed by atoms with Gasteiger partial charge in [-0.2, -0.15) is 0 Å². The number of benzene rings is 2. The number of fused-ring (bicyclic) bond motifs is 1. The van der Waals surface area contributed by atoms with Crippen LogP contribution in [0.15, 0.2) is 51.4 Å². The lowest BCUT2D eigenvalue weighted by atomic mass is 9.94. The summed E-state index contributed by atoms with van der Waals surface area (Å²) in [5.41, 5.74) is 0.960. The molecule has 2 heterocycles. The Labute approximate surface area is 241 Å². The number of methoxy groups -OCH3 is 1. The molecular formula is C27H24ClN3O9S. The van der Waals surface area contributed by atoms with Crippen LogP contribution in [0.5, 0.6) is 11.5 Å². The van der Waals surface area contributed by atoms with Gasteiger partial charge in [0.1, 0.15) is 0 Å². The van der Waals surface area contributed by atoms with Crippen LogP contribution in [-0.4, -0.2) is 46.9 Å². The standard InChI is InChI=1S/C27H24ClN3O9S/c1-5-39-26(35)22-14(3)29-27-30(23(22)16-7-6-13(2)18(11-16)31(36)37)25(34)20(41-27)10-15-8-17(28)24(19(9-15)38-4)40-12-21(32)33/h6-11,23H,5,12H2,1-4H3,(H,32,33)/b20-10+/t23-/m0/s1. The maximum absolute atomic E-state index is 13.8. The zero-order valence-corrected chi connectivity index (χ0v) is 23.9. The van der Waals surface area contributed by atoms with E-state index in [0.29, 0.717) is 22.4 Å². The van der Waals surface area contributed by atoms with Gasteiger partial charge in [0.05, 0.1) is 45.5 Å². The number of aromatic nitrogens is 1. The van der Waals surface area contributed by atoms with Crippen LogP contribution in [0.3, 0.4) is 0 Å². The molecule has 4 rings (SSSR count). The molecule has 0 saturated carbocycles. The minimum atomic E-state index is -1.20. The van der Waals surface area contributed by atoms with Gasteiger partial charge < -0.3 is 19.3 Å². The maximum atomic E-state index is 13.8. The van der Waals surface area contributed by atoms with E-state index in [-0.39, 0.29) is 43.7 Å². The molecule has 1 atom stereocenters. The van der Waals surface area contributed by atoms with Gasteiger partial charge in [-0.25, -0.2) is 14.6 Å². The summed E-state index contributed by atoms with van der Waals surface area (Å²) in [4.78, 5) is 53.7. The van der Waals surface area contributed by atoms with Crippen LogP contribution in [0.1, 0.15) is 36.6 Å². The van der Waals surface area contributed by atoms with Crippen LogP contribution < -0.4 is 24.4 Å². The van der Waals surface area contributed by atoms with Crippen LogP contribution in [0.25, 0.3) is 6.08 Å². The Morgan fingerprint density at radius 3 is 2.63 bits per heavy atom. The Morgan fingerprint density at radius 1 is 1.27 bits per heavy atom. The molecule has 41 heavy (non-hydrogen) atoms. The number of nitro groups is 1. The molecule has 1 aliphatic heterocycles. The van der Waals surface area contributed by atoms with Crippen molar-refractivity contribution >= 4 is 46.6 Å². The summed E-state index contributed by atoms with van der Waals surface area (Å²) in [6.45, 7) is 4.30. The fourth-order valence-electron chi connectivity index (χ4n) is 4.35. The molecule has 3 aromatic rings. The molecule has 12 nitrogen and oxygen atoms in total. The summed E-state index contributed by atoms with van der Waals surface area (Å²) in [5.74, 6) is -1.70. The monoisotopic (exact) mass is 601 g/mol. The number of carbonyl (C=O) groups is 2. The van der Waals surface area contributed by atoms with Crippen molar-refractivity contribution in [3.8, 4) is 11.5 Å². The Morgan fingerprint density at radius 2 is 2.00 bits per heavy atom. The van der Waals surface area contributed by atoms with Crippen molar-refractivity contribution in [1.82, 2.24) is 4.57 Å². The molecule has 0 aliphatic carbocycles. The van der Waals surface area contributed by atoms with Crippen LogP contribution >= 0.6 is 22.9 Å². The number of nitrogens with zero attached hydrogens (tertiary/aromatic N) is 3. The number of aliphatic carboxylic acids is 1. The number of carboxylic acid groups (broad SMARTS) is 1. The van der Waals surface area contributed by atoms with Crippen LogP contribution in [0.2, 0.25) is 5.02 Å². The normalized spacial score (nSPS) is 14.8. The highest BCUT2D eigenvalue weighted by atomic mass is 35.5. The SMILES string of the molecule is CCOC(=O)C1=C(C)N=c2s/c(=C/c3cc(Cl)c(OCC(=O)O)c(OC)c3)c(=O)n2[C@H]1c1ccc(C)c([N+](=O)[O-])c1. The second kappa shape index (κ2) is 11.9. The van der Waals surface area contributed by atoms with Crippen molar-refractivity contribution < 1.29 is 33.8 Å². The number of carboxylic acids is 1. The summed E-state index contributed by atoms with van der Waals surface area (Å²) in [7, 11) is 1.36. The zero-order chi connectivity index (χ0) is 30.0. The number of nitro benzene ring substituents is 1. The van der Waals surface area contributed by atoms with Crippen LogP contribution in [0.4, 0.5) is 5.69 Å². The molecule has 1 aliphatic rings. The molecule has 1 N–H and O–H groups in total. The number of halogens is 1. The van der Waals surface area contributed by atoms with E-state index in [9.17, 15) is 24.5 Å². The van der Waals surface area contributed by atoms with E-state index in [4.69, 9.17) is 30.9 Å². The van der Waals surface area contributed by atoms with Gasteiger partial charge in [0.15, 0.2) is 22.9 Å². The van der Waals surface area contributed by atoms with E-state index in [0.717, 1.165) is 11.3 Å². The molecule has 0 fully saturated rings. The molecule has 0 unspecified atom stereocenters. The van der Waals surface area contributed by atoms with E-state index in [2.05, 4.69) is 4.99 Å². The van der Waals surface area contributed by atoms with Gasteiger partial charge in [-0.05, 0) is 50.1 Å². The number of aryl methyl sites for hydroxylation is 1. The van der Waals surface area contributed by atoms with E-state index in [1.165, 1.54) is 36.0 Å². The molecule has 1 aromatic heterocycles. The average Bonchev–Trinajstić information content (AvgIpc) is 3.21. The highest BCUT2D eigenvalue weighted by Gasteiger charge is 2.34. The number of ether oxygens (including phenoxy) is 3. The van der Waals surface area contributed by atoms with E-state index < -0.39 is 35.1 Å². The Hall–Kier alpha value is -4.49. The summed E-state index contributed by atoms with van der Waals surface area (Å²) in [5, 5.41) is 20.7. The molecule has 214 valence electrons. The first kappa shape index (κ1) is 29.5. The number of hydrogen-bond donors (Lipinski definition) is 1. The van der Waals surface area contributed by atoms with Gasteiger partial charge >= 0.3 is 11.9 Å². The number of carbonyl (C=O) groups excluding carboxylic acids is 1. The summed E-state index contributed by atoms with van der Waals surface area (Å²) in [6.07, 6.45) is 1.54. The first-order chi connectivity index (χ1) is 19.5. The minimum absolute atomic E-state index is 0.0332.